The van der Waals surface area contributed by atoms with Crippen molar-refractivity contribution < 1.29 is 33.5 Å². The van der Waals surface area contributed by atoms with Crippen molar-refractivity contribution in [2.24, 2.45) is 11.7 Å². The van der Waals surface area contributed by atoms with Crippen LogP contribution in [0, 0.1) is 5.92 Å². The van der Waals surface area contributed by atoms with E-state index in [0.29, 0.717) is 5.06 Å². The largest absolute Gasteiger partial charge is 0.460 e. The predicted molar refractivity (Wildman–Crippen MR) is 97.0 cm³/mol. The molecule has 1 rings (SSSR count). The summed E-state index contributed by atoms with van der Waals surface area (Å²) in [5.41, 5.74) is 5.16. The van der Waals surface area contributed by atoms with Crippen LogP contribution in [0.15, 0.2) is 0 Å². The lowest BCUT2D eigenvalue weighted by Crippen LogP contribution is -2.52. The van der Waals surface area contributed by atoms with Gasteiger partial charge in [0.2, 0.25) is 5.91 Å². The Kier molecular flexibility index (Phi) is 8.10. The first kappa shape index (κ1) is 23.5. The van der Waals surface area contributed by atoms with Crippen molar-refractivity contribution in [1.29, 1.82) is 0 Å². The third-order valence-electron chi connectivity index (χ3n) is 3.82. The second kappa shape index (κ2) is 9.63. The van der Waals surface area contributed by atoms with E-state index in [1.807, 2.05) is 0 Å². The van der Waals surface area contributed by atoms with Gasteiger partial charge in [0.1, 0.15) is 11.6 Å². The van der Waals surface area contributed by atoms with Crippen LogP contribution in [0.5, 0.6) is 0 Å². The number of amides is 3. The molecular weight excluding hydrogens is 370 g/mol. The van der Waals surface area contributed by atoms with Crippen LogP contribution in [0.1, 0.15) is 60.3 Å². The van der Waals surface area contributed by atoms with Crippen LogP contribution in [-0.2, 0) is 33.5 Å². The van der Waals surface area contributed by atoms with Gasteiger partial charge in [0, 0.05) is 19.3 Å². The molecule has 0 aromatic rings. The van der Waals surface area contributed by atoms with Gasteiger partial charge in [-0.1, -0.05) is 13.8 Å². The van der Waals surface area contributed by atoms with Crippen LogP contribution in [0.2, 0.25) is 0 Å². The SMILES string of the molecule is CC(C)[C@H](NC(=O)[C@@H](N)CCC(=O)OC(C)(C)C)C(=O)ON1C(=O)CCC1=O. The summed E-state index contributed by atoms with van der Waals surface area (Å²) in [4.78, 5) is 64.3. The number of nitrogens with two attached hydrogens (primary N) is 1. The summed E-state index contributed by atoms with van der Waals surface area (Å²) in [5, 5.41) is 2.87. The molecule has 0 bridgehead atoms. The van der Waals surface area contributed by atoms with Crippen molar-refractivity contribution in [1.82, 2.24) is 10.4 Å². The number of hydrogen-bond donors (Lipinski definition) is 2. The summed E-state index contributed by atoms with van der Waals surface area (Å²) >= 11 is 0. The Morgan fingerprint density at radius 3 is 2.14 bits per heavy atom. The number of esters is 1. The number of hydrogen-bond acceptors (Lipinski definition) is 8. The Morgan fingerprint density at radius 2 is 1.68 bits per heavy atom. The number of hydroxylamine groups is 2. The van der Waals surface area contributed by atoms with E-state index in [0.717, 1.165) is 0 Å². The first-order chi connectivity index (χ1) is 12.8. The zero-order valence-corrected chi connectivity index (χ0v) is 16.9. The van der Waals surface area contributed by atoms with E-state index in [-0.39, 0.29) is 31.6 Å². The minimum absolute atomic E-state index is 0.0274. The Morgan fingerprint density at radius 1 is 1.14 bits per heavy atom. The third-order valence-corrected chi connectivity index (χ3v) is 3.82. The molecule has 2 atom stereocenters. The summed E-state index contributed by atoms with van der Waals surface area (Å²) < 4.78 is 5.15. The average molecular weight is 399 g/mol. The van der Waals surface area contributed by atoms with Crippen LogP contribution in [0.3, 0.4) is 0 Å². The van der Waals surface area contributed by atoms with E-state index in [9.17, 15) is 24.0 Å². The molecule has 0 spiro atoms. The van der Waals surface area contributed by atoms with Gasteiger partial charge in [0.15, 0.2) is 0 Å². The molecule has 28 heavy (non-hydrogen) atoms. The van der Waals surface area contributed by atoms with Crippen LogP contribution >= 0.6 is 0 Å². The standard InChI is InChI=1S/C18H29N3O7/c1-10(2)15(17(26)28-21-12(22)7-8-13(21)23)20-16(25)11(19)6-9-14(24)27-18(3,4)5/h10-11,15H,6-9,19H2,1-5H3,(H,20,25)/t11-,15-/m0/s1. The van der Waals surface area contributed by atoms with Crippen molar-refractivity contribution in [2.45, 2.75) is 78.0 Å². The number of carbonyl (C=O) groups is 5. The van der Waals surface area contributed by atoms with Crippen molar-refractivity contribution in [3.63, 3.8) is 0 Å². The fraction of sp³-hybridized carbons (Fsp3) is 0.722. The molecular formula is C18H29N3O7. The zero-order valence-electron chi connectivity index (χ0n) is 16.9. The van der Waals surface area contributed by atoms with E-state index in [2.05, 4.69) is 5.32 Å². The van der Waals surface area contributed by atoms with Gasteiger partial charge in [-0.3, -0.25) is 19.2 Å². The van der Waals surface area contributed by atoms with Crippen LogP contribution in [0.25, 0.3) is 0 Å². The molecule has 0 aromatic heterocycles. The lowest BCUT2D eigenvalue weighted by molar-refractivity contribution is -0.199. The van der Waals surface area contributed by atoms with Crippen molar-refractivity contribution in [2.75, 3.05) is 0 Å². The molecule has 1 heterocycles. The number of nitrogens with one attached hydrogen (secondary N) is 1. The van der Waals surface area contributed by atoms with Gasteiger partial charge in [0.25, 0.3) is 11.8 Å². The summed E-state index contributed by atoms with van der Waals surface area (Å²) in [6.07, 6.45) is -0.0795. The van der Waals surface area contributed by atoms with E-state index in [1.165, 1.54) is 0 Å². The number of ether oxygens (including phenoxy) is 1. The molecule has 10 heteroatoms. The molecule has 3 amide bonds. The van der Waals surface area contributed by atoms with E-state index >= 15 is 0 Å². The van der Waals surface area contributed by atoms with Gasteiger partial charge >= 0.3 is 11.9 Å². The highest BCUT2D eigenvalue weighted by atomic mass is 16.7. The number of rotatable bonds is 8. The van der Waals surface area contributed by atoms with Gasteiger partial charge in [-0.25, -0.2) is 4.79 Å². The van der Waals surface area contributed by atoms with Crippen molar-refractivity contribution >= 4 is 29.7 Å². The zero-order chi connectivity index (χ0) is 21.6. The molecule has 0 unspecified atom stereocenters. The molecule has 3 N–H and O–H groups in total. The Labute approximate surface area is 164 Å². The van der Waals surface area contributed by atoms with Gasteiger partial charge in [0.05, 0.1) is 6.04 Å². The molecule has 0 aliphatic carbocycles. The lowest BCUT2D eigenvalue weighted by Gasteiger charge is -2.24. The van der Waals surface area contributed by atoms with Crippen molar-refractivity contribution in [3.8, 4) is 0 Å². The molecule has 1 fully saturated rings. The highest BCUT2D eigenvalue weighted by molar-refractivity contribution is 6.02. The smallest absolute Gasteiger partial charge is 0.355 e. The first-order valence-electron chi connectivity index (χ1n) is 9.17. The maximum atomic E-state index is 12.3. The van der Waals surface area contributed by atoms with Crippen LogP contribution in [0.4, 0.5) is 0 Å². The van der Waals surface area contributed by atoms with E-state index < -0.39 is 47.3 Å². The molecule has 10 nitrogen and oxygen atoms in total. The topological polar surface area (TPSA) is 145 Å². The van der Waals surface area contributed by atoms with Crippen LogP contribution in [-0.4, -0.2) is 52.4 Å². The fourth-order valence-corrected chi connectivity index (χ4v) is 2.36. The highest BCUT2D eigenvalue weighted by Crippen LogP contribution is 2.15. The summed E-state index contributed by atoms with van der Waals surface area (Å²) in [6, 6.07) is -2.15. The summed E-state index contributed by atoms with van der Waals surface area (Å²) in [6.45, 7) is 8.50. The molecule has 1 saturated heterocycles. The average Bonchev–Trinajstić information content (AvgIpc) is 2.87. The second-order valence-corrected chi connectivity index (χ2v) is 7.95. The number of imide groups is 1. The molecule has 0 radical (unpaired) electrons. The molecule has 0 aromatic carbocycles. The normalized spacial score (nSPS) is 16.8. The fourth-order valence-electron chi connectivity index (χ4n) is 2.36. The Balaban J connectivity index is 2.61. The second-order valence-electron chi connectivity index (χ2n) is 7.95. The Hall–Kier alpha value is -2.49. The van der Waals surface area contributed by atoms with E-state index in [4.69, 9.17) is 15.3 Å². The van der Waals surface area contributed by atoms with Gasteiger partial charge in [-0.05, 0) is 33.1 Å². The third kappa shape index (κ3) is 7.26. The monoisotopic (exact) mass is 399 g/mol. The quantitative estimate of drug-likeness (QED) is 0.434. The van der Waals surface area contributed by atoms with Crippen LogP contribution < -0.4 is 11.1 Å². The Bertz CT molecular complexity index is 624. The van der Waals surface area contributed by atoms with Gasteiger partial charge in [-0.15, -0.1) is 5.06 Å². The maximum absolute atomic E-state index is 12.3. The summed E-state index contributed by atoms with van der Waals surface area (Å²) in [5.74, 6) is -3.68. The van der Waals surface area contributed by atoms with Gasteiger partial charge in [-0.2, -0.15) is 0 Å². The molecule has 1 aliphatic heterocycles. The van der Waals surface area contributed by atoms with Crippen molar-refractivity contribution in [3.05, 3.63) is 0 Å². The lowest BCUT2D eigenvalue weighted by atomic mass is 10.0. The highest BCUT2D eigenvalue weighted by Gasteiger charge is 2.36. The number of nitrogens with zero attached hydrogens (tertiary/aromatic N) is 1. The molecule has 158 valence electrons. The molecule has 1 aliphatic rings. The first-order valence-corrected chi connectivity index (χ1v) is 9.17. The maximum Gasteiger partial charge on any atom is 0.355 e. The van der Waals surface area contributed by atoms with Gasteiger partial charge < -0.3 is 20.6 Å². The summed E-state index contributed by atoms with van der Waals surface area (Å²) in [7, 11) is 0. The number of carbonyl (C=O) groups excluding carboxylic acids is 5. The predicted octanol–water partition coefficient (Wildman–Crippen LogP) is 0.184. The van der Waals surface area contributed by atoms with E-state index in [1.54, 1.807) is 34.6 Å². The minimum atomic E-state index is -1.11. The minimum Gasteiger partial charge on any atom is -0.460 e. The molecule has 0 saturated carbocycles.